The van der Waals surface area contributed by atoms with Gasteiger partial charge in [-0.1, -0.05) is 0 Å². The van der Waals surface area contributed by atoms with E-state index in [1.807, 2.05) is 55.4 Å². The van der Waals surface area contributed by atoms with Gasteiger partial charge in [-0.05, 0) is 68.2 Å². The molecule has 0 fully saturated rings. The van der Waals surface area contributed by atoms with Crippen LogP contribution >= 0.6 is 0 Å². The number of hydrogen-bond acceptors (Lipinski definition) is 6. The first-order valence-electron chi connectivity index (χ1n) is 8.05. The molecule has 0 aliphatic carbocycles. The van der Waals surface area contributed by atoms with Crippen LogP contribution in [0.1, 0.15) is 68.2 Å². The maximum Gasteiger partial charge on any atom is 0.0656 e. The van der Waals surface area contributed by atoms with Gasteiger partial charge < -0.3 is 60.0 Å². The zero-order valence-electron chi connectivity index (χ0n) is 16.2. The molecular formula is C18H28NiO2S4-4. The third-order valence-corrected chi connectivity index (χ3v) is 6.27. The zero-order valence-corrected chi connectivity index (χ0v) is 20.4. The Kier molecular flexibility index (Phi) is 8.68. The molecule has 0 spiro atoms. The van der Waals surface area contributed by atoms with Crippen molar-refractivity contribution in [3.8, 4) is 0 Å². The molecule has 0 aromatic rings. The van der Waals surface area contributed by atoms with E-state index in [9.17, 15) is 0 Å². The van der Waals surface area contributed by atoms with E-state index in [2.05, 4.69) is 0 Å². The molecule has 0 atom stereocenters. The van der Waals surface area contributed by atoms with Crippen molar-refractivity contribution in [2.24, 2.45) is 0 Å². The minimum Gasteiger partial charge on any atom is -0.785 e. The Labute approximate surface area is 185 Å². The van der Waals surface area contributed by atoms with Gasteiger partial charge in [-0.25, -0.2) is 9.81 Å². The molecule has 0 aromatic heterocycles. The van der Waals surface area contributed by atoms with E-state index < -0.39 is 0 Å². The average molecular weight is 463 g/mol. The molecule has 0 saturated carbocycles. The average Bonchev–Trinajstić information content (AvgIpc) is 2.30. The van der Waals surface area contributed by atoms with E-state index in [4.69, 9.17) is 60.0 Å². The van der Waals surface area contributed by atoms with Gasteiger partial charge in [0.2, 0.25) is 0 Å². The Hall–Kier alpha value is 0.774. The first-order valence-corrected chi connectivity index (χ1v) is 9.68. The van der Waals surface area contributed by atoms with E-state index >= 15 is 0 Å². The number of rotatable bonds is 0. The summed E-state index contributed by atoms with van der Waals surface area (Å²) < 4.78 is 11.6. The van der Waals surface area contributed by atoms with Crippen LogP contribution in [0.5, 0.6) is 0 Å². The minimum atomic E-state index is -0.367. The summed E-state index contributed by atoms with van der Waals surface area (Å²) in [5.41, 5.74) is -1.06. The molecule has 2 heterocycles. The Morgan fingerprint density at radius 1 is 0.600 bits per heavy atom. The smallest absolute Gasteiger partial charge is 0.0656 e. The molecule has 2 aliphatic rings. The number of hydrogen-bond donors (Lipinski definition) is 0. The van der Waals surface area contributed by atoms with Crippen LogP contribution in [0.3, 0.4) is 0 Å². The van der Waals surface area contributed by atoms with Crippen LogP contribution in [0, 0.1) is 0 Å². The normalized spacial score (nSPS) is 26.2. The summed E-state index contributed by atoms with van der Waals surface area (Å²) >= 11 is 20.8. The fourth-order valence-corrected chi connectivity index (χ4v) is 4.57. The molecule has 150 valence electrons. The molecule has 7 heteroatoms. The first-order chi connectivity index (χ1) is 10.5. The van der Waals surface area contributed by atoms with Crippen molar-refractivity contribution in [2.75, 3.05) is 0 Å². The van der Waals surface area contributed by atoms with Crippen molar-refractivity contribution in [2.45, 2.75) is 90.6 Å². The fourth-order valence-electron chi connectivity index (χ4n) is 3.15. The predicted molar refractivity (Wildman–Crippen MR) is 111 cm³/mol. The van der Waals surface area contributed by atoms with Crippen LogP contribution in [-0.2, 0) is 76.5 Å². The first kappa shape index (κ1) is 25.8. The molecule has 0 radical (unpaired) electrons. The van der Waals surface area contributed by atoms with Gasteiger partial charge in [-0.15, -0.1) is 0 Å². The van der Waals surface area contributed by atoms with Gasteiger partial charge >= 0.3 is 0 Å². The van der Waals surface area contributed by atoms with Gasteiger partial charge in [0.25, 0.3) is 0 Å². The maximum atomic E-state index is 5.82. The molecular weight excluding hydrogens is 435 g/mol. The second-order valence-electron chi connectivity index (χ2n) is 8.60. The van der Waals surface area contributed by atoms with E-state index in [-0.39, 0.29) is 38.9 Å². The van der Waals surface area contributed by atoms with Crippen LogP contribution in [0.15, 0.2) is 19.6 Å². The van der Waals surface area contributed by atoms with Gasteiger partial charge in [0, 0.05) is 16.5 Å². The summed E-state index contributed by atoms with van der Waals surface area (Å²) in [6.07, 6.45) is 1.54. The third kappa shape index (κ3) is 7.02. The van der Waals surface area contributed by atoms with Crippen molar-refractivity contribution < 1.29 is 26.0 Å². The van der Waals surface area contributed by atoms with Crippen LogP contribution in [0.2, 0.25) is 0 Å². The monoisotopic (exact) mass is 462 g/mol. The van der Waals surface area contributed by atoms with Crippen LogP contribution < -0.4 is 0 Å². The largest absolute Gasteiger partial charge is 0.785 e. The Balaban J connectivity index is 0.000000443. The molecule has 0 aromatic carbocycles. The standard InChI is InChI=1S/2C9H16OS2.Ni/c2*1-8(2)5-6(11)7(12)9(3,4)10-8;/h2*11-12H,5H2,1-4H3;/p-4. The summed E-state index contributed by atoms with van der Waals surface area (Å²) in [7, 11) is 0. The summed E-state index contributed by atoms with van der Waals surface area (Å²) in [5, 5.41) is 0. The molecule has 0 N–H and O–H groups in total. The van der Waals surface area contributed by atoms with E-state index in [0.29, 0.717) is 0 Å². The van der Waals surface area contributed by atoms with Gasteiger partial charge in [0.15, 0.2) is 0 Å². The Morgan fingerprint density at radius 2 is 0.840 bits per heavy atom. The van der Waals surface area contributed by atoms with Gasteiger partial charge in [0.1, 0.15) is 0 Å². The number of ether oxygens (including phenoxy) is 2. The van der Waals surface area contributed by atoms with E-state index in [0.717, 1.165) is 32.5 Å². The molecule has 2 aliphatic heterocycles. The van der Waals surface area contributed by atoms with Gasteiger partial charge in [0.05, 0.1) is 22.4 Å². The molecule has 0 bridgehead atoms. The van der Waals surface area contributed by atoms with E-state index in [1.54, 1.807) is 0 Å². The molecule has 0 amide bonds. The van der Waals surface area contributed by atoms with Crippen LogP contribution in [0.25, 0.3) is 0 Å². The maximum absolute atomic E-state index is 5.82. The van der Waals surface area contributed by atoms with Crippen molar-refractivity contribution in [1.82, 2.24) is 0 Å². The van der Waals surface area contributed by atoms with Crippen LogP contribution in [-0.4, -0.2) is 22.4 Å². The topological polar surface area (TPSA) is 18.5 Å². The Morgan fingerprint density at radius 3 is 1.04 bits per heavy atom. The van der Waals surface area contributed by atoms with Crippen molar-refractivity contribution in [1.29, 1.82) is 0 Å². The van der Waals surface area contributed by atoms with Crippen molar-refractivity contribution in [3.05, 3.63) is 19.6 Å². The van der Waals surface area contributed by atoms with Crippen molar-refractivity contribution in [3.63, 3.8) is 0 Å². The second-order valence-corrected chi connectivity index (χ2v) is 10.4. The fraction of sp³-hybridized carbons (Fsp3) is 0.778. The van der Waals surface area contributed by atoms with Crippen molar-refractivity contribution >= 4 is 50.5 Å². The van der Waals surface area contributed by atoms with Gasteiger partial charge in [-0.3, -0.25) is 0 Å². The summed E-state index contributed by atoms with van der Waals surface area (Å²) in [6.45, 7) is 16.1. The predicted octanol–water partition coefficient (Wildman–Crippen LogP) is 4.54. The molecule has 0 unspecified atom stereocenters. The molecule has 2 rings (SSSR count). The third-order valence-electron chi connectivity index (χ3n) is 3.84. The van der Waals surface area contributed by atoms with Gasteiger partial charge in [-0.2, -0.15) is 9.81 Å². The summed E-state index contributed by atoms with van der Waals surface area (Å²) in [4.78, 5) is 3.34. The van der Waals surface area contributed by atoms with Crippen LogP contribution in [0.4, 0.5) is 0 Å². The molecule has 2 nitrogen and oxygen atoms in total. The minimum absolute atomic E-state index is 0. The molecule has 25 heavy (non-hydrogen) atoms. The van der Waals surface area contributed by atoms with E-state index in [1.165, 1.54) is 0 Å². The quantitative estimate of drug-likeness (QED) is 0.385. The molecule has 0 saturated heterocycles. The summed E-state index contributed by atoms with van der Waals surface area (Å²) in [5.74, 6) is 0. The zero-order chi connectivity index (χ0) is 19.1. The Bertz CT molecular complexity index is 513. The summed E-state index contributed by atoms with van der Waals surface area (Å²) in [6, 6.07) is 0. The second kappa shape index (κ2) is 8.42. The SMILES string of the molecule is CC1(C)CC([S-])=C([S-])C(C)(C)O1.CC1(C)CC([S-])=C([S-])C(C)(C)O1.[Ni].